The van der Waals surface area contributed by atoms with Crippen LogP contribution in [0.25, 0.3) is 0 Å². The summed E-state index contributed by atoms with van der Waals surface area (Å²) in [6.45, 7) is 7.55. The molecule has 5 nitrogen and oxygen atoms in total. The highest BCUT2D eigenvalue weighted by molar-refractivity contribution is 5.92. The summed E-state index contributed by atoms with van der Waals surface area (Å²) in [6.07, 6.45) is 5.81. The number of aromatic nitrogens is 1. The Morgan fingerprint density at radius 2 is 2.09 bits per heavy atom. The molecule has 1 aliphatic carbocycles. The molecule has 3 unspecified atom stereocenters. The van der Waals surface area contributed by atoms with Crippen molar-refractivity contribution in [1.82, 2.24) is 15.4 Å². The Hall–Kier alpha value is -1.36. The van der Waals surface area contributed by atoms with Gasteiger partial charge in [0, 0.05) is 12.1 Å². The van der Waals surface area contributed by atoms with Gasteiger partial charge in [-0.05, 0) is 57.0 Å². The fraction of sp³-hybridized carbons (Fsp3) is 0.765. The van der Waals surface area contributed by atoms with E-state index in [1.54, 1.807) is 6.07 Å². The first-order valence-electron chi connectivity index (χ1n) is 8.60. The molecule has 1 saturated carbocycles. The molecule has 1 aromatic rings. The van der Waals surface area contributed by atoms with Gasteiger partial charge in [0.2, 0.25) is 0 Å². The first kappa shape index (κ1) is 15.5. The van der Waals surface area contributed by atoms with Crippen LogP contribution in [0.4, 0.5) is 0 Å². The number of rotatable bonds is 4. The van der Waals surface area contributed by atoms with Crippen LogP contribution in [-0.2, 0) is 6.54 Å². The zero-order valence-electron chi connectivity index (χ0n) is 13.7. The number of nitrogens with one attached hydrogen (secondary N) is 1. The molecule has 1 aliphatic heterocycles. The molecule has 1 saturated heterocycles. The number of hydrogen-bond acceptors (Lipinski definition) is 4. The fourth-order valence-electron chi connectivity index (χ4n) is 3.59. The summed E-state index contributed by atoms with van der Waals surface area (Å²) in [5, 5.41) is 7.06. The minimum absolute atomic E-state index is 0.0943. The quantitative estimate of drug-likeness (QED) is 0.929. The van der Waals surface area contributed by atoms with E-state index in [2.05, 4.69) is 29.2 Å². The molecule has 2 heterocycles. The molecule has 3 rings (SSSR count). The molecule has 2 aliphatic rings. The molecule has 2 fully saturated rings. The number of hydrogen-bond donors (Lipinski definition) is 1. The summed E-state index contributed by atoms with van der Waals surface area (Å²) in [5.74, 6) is 2.12. The second kappa shape index (κ2) is 6.82. The zero-order chi connectivity index (χ0) is 15.5. The maximum Gasteiger partial charge on any atom is 0.273 e. The van der Waals surface area contributed by atoms with Gasteiger partial charge in [-0.25, -0.2) is 0 Å². The Labute approximate surface area is 132 Å². The Bertz CT molecular complexity index is 508. The maximum absolute atomic E-state index is 12.3. The van der Waals surface area contributed by atoms with Gasteiger partial charge >= 0.3 is 0 Å². The summed E-state index contributed by atoms with van der Waals surface area (Å²) in [6, 6.07) is 2.07. The molecular weight excluding hydrogens is 278 g/mol. The van der Waals surface area contributed by atoms with E-state index in [-0.39, 0.29) is 11.9 Å². The van der Waals surface area contributed by atoms with Crippen LogP contribution in [0.1, 0.15) is 62.2 Å². The van der Waals surface area contributed by atoms with E-state index in [0.29, 0.717) is 11.6 Å². The summed E-state index contributed by atoms with van der Waals surface area (Å²) < 4.78 is 5.32. The standard InChI is InChI=1S/C17H27N3O2/c1-12-5-6-14(9-13(12)2)18-17(21)16-10-15(22-19-16)11-20-7-3-4-8-20/h10,12-14H,3-9,11H2,1-2H3,(H,18,21). The minimum Gasteiger partial charge on any atom is -0.359 e. The normalized spacial score (nSPS) is 29.6. The summed E-state index contributed by atoms with van der Waals surface area (Å²) >= 11 is 0. The van der Waals surface area contributed by atoms with E-state index in [0.717, 1.165) is 44.2 Å². The molecule has 1 N–H and O–H groups in total. The van der Waals surface area contributed by atoms with Crippen molar-refractivity contribution in [1.29, 1.82) is 0 Å². The van der Waals surface area contributed by atoms with Crippen LogP contribution >= 0.6 is 0 Å². The molecule has 5 heteroatoms. The molecule has 22 heavy (non-hydrogen) atoms. The minimum atomic E-state index is -0.0943. The lowest BCUT2D eigenvalue weighted by molar-refractivity contribution is 0.0901. The second-order valence-electron chi connectivity index (χ2n) is 7.10. The summed E-state index contributed by atoms with van der Waals surface area (Å²) in [4.78, 5) is 14.6. The lowest BCUT2D eigenvalue weighted by Gasteiger charge is -2.32. The molecule has 1 aromatic heterocycles. The SMILES string of the molecule is CC1CCC(NC(=O)c2cc(CN3CCCC3)on2)CC1C. The molecular formula is C17H27N3O2. The van der Waals surface area contributed by atoms with Crippen LogP contribution in [0.5, 0.6) is 0 Å². The van der Waals surface area contributed by atoms with Crippen molar-refractivity contribution in [3.05, 3.63) is 17.5 Å². The number of nitrogens with zero attached hydrogens (tertiary/aromatic N) is 2. The third-order valence-corrected chi connectivity index (χ3v) is 5.30. The van der Waals surface area contributed by atoms with Gasteiger partial charge in [0.1, 0.15) is 0 Å². The molecule has 122 valence electrons. The van der Waals surface area contributed by atoms with Gasteiger partial charge in [-0.3, -0.25) is 9.69 Å². The van der Waals surface area contributed by atoms with E-state index in [9.17, 15) is 4.79 Å². The van der Waals surface area contributed by atoms with Crippen molar-refractivity contribution in [2.45, 2.75) is 58.5 Å². The average Bonchev–Trinajstić information content (AvgIpc) is 3.15. The second-order valence-corrected chi connectivity index (χ2v) is 7.10. The van der Waals surface area contributed by atoms with Crippen LogP contribution < -0.4 is 5.32 Å². The third kappa shape index (κ3) is 3.69. The molecule has 0 aromatic carbocycles. The monoisotopic (exact) mass is 305 g/mol. The lowest BCUT2D eigenvalue weighted by Crippen LogP contribution is -2.39. The Morgan fingerprint density at radius 3 is 2.82 bits per heavy atom. The van der Waals surface area contributed by atoms with E-state index in [4.69, 9.17) is 4.52 Å². The number of carbonyl (C=O) groups excluding carboxylic acids is 1. The van der Waals surface area contributed by atoms with Gasteiger partial charge in [0.05, 0.1) is 6.54 Å². The van der Waals surface area contributed by atoms with Gasteiger partial charge in [-0.2, -0.15) is 0 Å². The molecule has 0 radical (unpaired) electrons. The first-order chi connectivity index (χ1) is 10.6. The Balaban J connectivity index is 1.52. The van der Waals surface area contributed by atoms with Crippen LogP contribution in [0, 0.1) is 11.8 Å². The highest BCUT2D eigenvalue weighted by Gasteiger charge is 2.26. The van der Waals surface area contributed by atoms with Crippen LogP contribution in [-0.4, -0.2) is 35.1 Å². The van der Waals surface area contributed by atoms with Crippen LogP contribution in [0.3, 0.4) is 0 Å². The van der Waals surface area contributed by atoms with E-state index < -0.39 is 0 Å². The molecule has 0 bridgehead atoms. The zero-order valence-corrected chi connectivity index (χ0v) is 13.7. The highest BCUT2D eigenvalue weighted by atomic mass is 16.5. The predicted octanol–water partition coefficient (Wildman–Crippen LogP) is 2.82. The van der Waals surface area contributed by atoms with Gasteiger partial charge in [0.15, 0.2) is 11.5 Å². The van der Waals surface area contributed by atoms with E-state index in [1.165, 1.54) is 19.3 Å². The Morgan fingerprint density at radius 1 is 1.32 bits per heavy atom. The van der Waals surface area contributed by atoms with Crippen molar-refractivity contribution >= 4 is 5.91 Å². The number of carbonyl (C=O) groups is 1. The van der Waals surface area contributed by atoms with E-state index >= 15 is 0 Å². The van der Waals surface area contributed by atoms with Crippen LogP contribution in [0.15, 0.2) is 10.6 Å². The highest BCUT2D eigenvalue weighted by Crippen LogP contribution is 2.29. The van der Waals surface area contributed by atoms with Crippen molar-refractivity contribution in [3.63, 3.8) is 0 Å². The van der Waals surface area contributed by atoms with Crippen molar-refractivity contribution in [2.75, 3.05) is 13.1 Å². The smallest absolute Gasteiger partial charge is 0.273 e. The Kier molecular flexibility index (Phi) is 4.81. The first-order valence-corrected chi connectivity index (χ1v) is 8.60. The van der Waals surface area contributed by atoms with Gasteiger partial charge < -0.3 is 9.84 Å². The fourth-order valence-corrected chi connectivity index (χ4v) is 3.59. The number of amides is 1. The molecule has 0 spiro atoms. The van der Waals surface area contributed by atoms with Gasteiger partial charge in [-0.1, -0.05) is 19.0 Å². The lowest BCUT2D eigenvalue weighted by atomic mass is 9.79. The number of likely N-dealkylation sites (tertiary alicyclic amines) is 1. The largest absolute Gasteiger partial charge is 0.359 e. The maximum atomic E-state index is 12.3. The third-order valence-electron chi connectivity index (χ3n) is 5.30. The average molecular weight is 305 g/mol. The summed E-state index contributed by atoms with van der Waals surface area (Å²) in [7, 11) is 0. The van der Waals surface area contributed by atoms with Crippen molar-refractivity contribution < 1.29 is 9.32 Å². The van der Waals surface area contributed by atoms with Crippen LogP contribution in [0.2, 0.25) is 0 Å². The summed E-state index contributed by atoms with van der Waals surface area (Å²) in [5.41, 5.74) is 0.417. The van der Waals surface area contributed by atoms with E-state index in [1.807, 2.05) is 0 Å². The molecule has 1 amide bonds. The van der Waals surface area contributed by atoms with Crippen molar-refractivity contribution in [3.8, 4) is 0 Å². The van der Waals surface area contributed by atoms with Crippen molar-refractivity contribution in [2.24, 2.45) is 11.8 Å². The molecule has 3 atom stereocenters. The predicted molar refractivity (Wildman–Crippen MR) is 84.4 cm³/mol. The topological polar surface area (TPSA) is 58.4 Å². The van der Waals surface area contributed by atoms with Gasteiger partial charge in [-0.15, -0.1) is 0 Å². The van der Waals surface area contributed by atoms with Gasteiger partial charge in [0.25, 0.3) is 5.91 Å².